The van der Waals surface area contributed by atoms with Gasteiger partial charge in [0.15, 0.2) is 5.78 Å². The van der Waals surface area contributed by atoms with Gasteiger partial charge in [-0.3, -0.25) is 4.79 Å². The summed E-state index contributed by atoms with van der Waals surface area (Å²) in [6, 6.07) is 15.2. The molecule has 0 N–H and O–H groups in total. The van der Waals surface area contributed by atoms with Crippen molar-refractivity contribution in [2.75, 3.05) is 7.11 Å². The zero-order valence-electron chi connectivity index (χ0n) is 12.6. The lowest BCUT2D eigenvalue weighted by molar-refractivity contribution is 0.101. The van der Waals surface area contributed by atoms with Crippen LogP contribution >= 0.6 is 11.8 Å². The van der Waals surface area contributed by atoms with Crippen LogP contribution in [0.25, 0.3) is 0 Å². The third-order valence-corrected chi connectivity index (χ3v) is 4.35. The fourth-order valence-corrected chi connectivity index (χ4v) is 3.04. The van der Waals surface area contributed by atoms with Crippen LogP contribution in [0.5, 0.6) is 5.75 Å². The summed E-state index contributed by atoms with van der Waals surface area (Å²) in [4.78, 5) is 11.5. The van der Waals surface area contributed by atoms with Crippen molar-refractivity contribution < 1.29 is 9.53 Å². The second-order valence-electron chi connectivity index (χ2n) is 4.88. The molecule has 0 atom stereocenters. The standard InChI is InChI=1S/C18H17NO2S/c1-13(20)16-7-8-18(21-2)17(9-16)12-22-11-15-5-3-14(10-19)4-6-15/h3-9H,11-12H2,1-2H3. The average molecular weight is 311 g/mol. The van der Waals surface area contributed by atoms with Crippen molar-refractivity contribution in [1.82, 2.24) is 0 Å². The number of ketones is 1. The number of Topliss-reactive ketones (excluding diaryl/α,β-unsaturated/α-hetero) is 1. The van der Waals surface area contributed by atoms with Crippen LogP contribution in [-0.4, -0.2) is 12.9 Å². The van der Waals surface area contributed by atoms with Gasteiger partial charge < -0.3 is 4.74 Å². The molecule has 0 aliphatic rings. The summed E-state index contributed by atoms with van der Waals surface area (Å²) in [5, 5.41) is 8.79. The summed E-state index contributed by atoms with van der Waals surface area (Å²) in [6.07, 6.45) is 0. The first-order chi connectivity index (χ1) is 10.6. The van der Waals surface area contributed by atoms with Gasteiger partial charge in [-0.25, -0.2) is 0 Å². The molecule has 0 saturated carbocycles. The first-order valence-electron chi connectivity index (χ1n) is 6.88. The third-order valence-electron chi connectivity index (χ3n) is 3.30. The summed E-state index contributed by atoms with van der Waals surface area (Å²) in [5.74, 6) is 2.47. The highest BCUT2D eigenvalue weighted by molar-refractivity contribution is 7.97. The number of methoxy groups -OCH3 is 1. The van der Waals surface area contributed by atoms with Crippen molar-refractivity contribution in [3.63, 3.8) is 0 Å². The van der Waals surface area contributed by atoms with Gasteiger partial charge in [0.25, 0.3) is 0 Å². The number of benzene rings is 2. The Bertz CT molecular complexity index is 702. The van der Waals surface area contributed by atoms with E-state index in [9.17, 15) is 4.79 Å². The zero-order chi connectivity index (χ0) is 15.9. The Balaban J connectivity index is 2.02. The van der Waals surface area contributed by atoms with Crippen LogP contribution < -0.4 is 4.74 Å². The first-order valence-corrected chi connectivity index (χ1v) is 8.04. The van der Waals surface area contributed by atoms with E-state index in [0.717, 1.165) is 22.8 Å². The quantitative estimate of drug-likeness (QED) is 0.750. The van der Waals surface area contributed by atoms with E-state index in [1.165, 1.54) is 5.56 Å². The molecule has 2 rings (SSSR count). The number of nitrogens with zero attached hydrogens (tertiary/aromatic N) is 1. The Morgan fingerprint density at radius 3 is 2.50 bits per heavy atom. The van der Waals surface area contributed by atoms with E-state index in [1.807, 2.05) is 36.4 Å². The Morgan fingerprint density at radius 2 is 1.91 bits per heavy atom. The van der Waals surface area contributed by atoms with Crippen molar-refractivity contribution in [2.45, 2.75) is 18.4 Å². The Morgan fingerprint density at radius 1 is 1.18 bits per heavy atom. The van der Waals surface area contributed by atoms with Crippen molar-refractivity contribution in [3.8, 4) is 11.8 Å². The van der Waals surface area contributed by atoms with Gasteiger partial charge in [-0.05, 0) is 42.8 Å². The van der Waals surface area contributed by atoms with Gasteiger partial charge in [0, 0.05) is 22.6 Å². The lowest BCUT2D eigenvalue weighted by Gasteiger charge is -2.10. The smallest absolute Gasteiger partial charge is 0.159 e. The van der Waals surface area contributed by atoms with Gasteiger partial charge in [-0.1, -0.05) is 12.1 Å². The highest BCUT2D eigenvalue weighted by atomic mass is 32.2. The fourth-order valence-electron chi connectivity index (χ4n) is 2.06. The normalized spacial score (nSPS) is 10.0. The van der Waals surface area contributed by atoms with Crippen molar-refractivity contribution in [2.24, 2.45) is 0 Å². The van der Waals surface area contributed by atoms with Gasteiger partial charge >= 0.3 is 0 Å². The van der Waals surface area contributed by atoms with E-state index < -0.39 is 0 Å². The molecule has 0 spiro atoms. The zero-order valence-corrected chi connectivity index (χ0v) is 13.4. The molecule has 0 heterocycles. The van der Waals surface area contributed by atoms with Gasteiger partial charge in [-0.2, -0.15) is 17.0 Å². The number of hydrogen-bond donors (Lipinski definition) is 0. The topological polar surface area (TPSA) is 50.1 Å². The van der Waals surface area contributed by atoms with E-state index in [0.29, 0.717) is 11.1 Å². The average Bonchev–Trinajstić information content (AvgIpc) is 2.55. The second-order valence-corrected chi connectivity index (χ2v) is 5.87. The van der Waals surface area contributed by atoms with Gasteiger partial charge in [0.1, 0.15) is 5.75 Å². The molecule has 0 unspecified atom stereocenters. The Labute approximate surface area is 134 Å². The van der Waals surface area contributed by atoms with E-state index in [2.05, 4.69) is 6.07 Å². The van der Waals surface area contributed by atoms with E-state index in [4.69, 9.17) is 10.00 Å². The number of carbonyl (C=O) groups excluding carboxylic acids is 1. The molecule has 0 saturated heterocycles. The minimum absolute atomic E-state index is 0.0565. The van der Waals surface area contributed by atoms with Crippen LogP contribution in [-0.2, 0) is 11.5 Å². The maximum absolute atomic E-state index is 11.5. The number of rotatable bonds is 6. The number of thioether (sulfide) groups is 1. The molecule has 0 bridgehead atoms. The highest BCUT2D eigenvalue weighted by Gasteiger charge is 2.07. The molecule has 0 aliphatic carbocycles. The molecule has 2 aromatic rings. The van der Waals surface area contributed by atoms with Gasteiger partial charge in [0.05, 0.1) is 18.7 Å². The van der Waals surface area contributed by atoms with Crippen molar-refractivity contribution in [1.29, 1.82) is 5.26 Å². The lowest BCUT2D eigenvalue weighted by Crippen LogP contribution is -1.97. The molecular weight excluding hydrogens is 294 g/mol. The minimum atomic E-state index is 0.0565. The molecule has 0 aromatic heterocycles. The highest BCUT2D eigenvalue weighted by Crippen LogP contribution is 2.26. The van der Waals surface area contributed by atoms with Crippen LogP contribution in [0.3, 0.4) is 0 Å². The van der Waals surface area contributed by atoms with Crippen LogP contribution in [0.2, 0.25) is 0 Å². The maximum Gasteiger partial charge on any atom is 0.159 e. The summed E-state index contributed by atoms with van der Waals surface area (Å²) in [5.41, 5.74) is 3.57. The molecule has 0 amide bonds. The monoisotopic (exact) mass is 311 g/mol. The lowest BCUT2D eigenvalue weighted by atomic mass is 10.1. The van der Waals surface area contributed by atoms with Gasteiger partial charge in [0.2, 0.25) is 0 Å². The van der Waals surface area contributed by atoms with Crippen LogP contribution in [0.1, 0.15) is 34.0 Å². The molecule has 4 heteroatoms. The van der Waals surface area contributed by atoms with Crippen molar-refractivity contribution >= 4 is 17.5 Å². The van der Waals surface area contributed by atoms with E-state index in [-0.39, 0.29) is 5.78 Å². The van der Waals surface area contributed by atoms with E-state index in [1.54, 1.807) is 31.9 Å². The predicted octanol–water partition coefficient (Wildman–Crippen LogP) is 4.20. The minimum Gasteiger partial charge on any atom is -0.496 e. The Hall–Kier alpha value is -2.25. The third kappa shape index (κ3) is 4.12. The number of nitriles is 1. The number of hydrogen-bond acceptors (Lipinski definition) is 4. The largest absolute Gasteiger partial charge is 0.496 e. The van der Waals surface area contributed by atoms with Crippen molar-refractivity contribution in [3.05, 3.63) is 64.7 Å². The molecule has 22 heavy (non-hydrogen) atoms. The van der Waals surface area contributed by atoms with Crippen LogP contribution in [0.15, 0.2) is 42.5 Å². The molecule has 3 nitrogen and oxygen atoms in total. The van der Waals surface area contributed by atoms with Gasteiger partial charge in [-0.15, -0.1) is 0 Å². The van der Waals surface area contributed by atoms with E-state index >= 15 is 0 Å². The molecule has 0 aliphatic heterocycles. The molecule has 2 aromatic carbocycles. The maximum atomic E-state index is 11.5. The predicted molar refractivity (Wildman–Crippen MR) is 89.2 cm³/mol. The molecule has 0 radical (unpaired) electrons. The summed E-state index contributed by atoms with van der Waals surface area (Å²) < 4.78 is 5.35. The fraction of sp³-hybridized carbons (Fsp3) is 0.222. The second kappa shape index (κ2) is 7.67. The molecule has 0 fully saturated rings. The molecular formula is C18H17NO2S. The number of ether oxygens (including phenoxy) is 1. The SMILES string of the molecule is COc1ccc(C(C)=O)cc1CSCc1ccc(C#N)cc1. The summed E-state index contributed by atoms with van der Waals surface area (Å²) >= 11 is 1.75. The van der Waals surface area contributed by atoms with Crippen LogP contribution in [0.4, 0.5) is 0 Å². The first kappa shape index (κ1) is 16.1. The number of carbonyl (C=O) groups is 1. The summed E-state index contributed by atoms with van der Waals surface area (Å²) in [6.45, 7) is 1.56. The van der Waals surface area contributed by atoms with Crippen LogP contribution in [0, 0.1) is 11.3 Å². The summed E-state index contributed by atoms with van der Waals surface area (Å²) in [7, 11) is 1.64. The molecule has 112 valence electrons. The Kier molecular flexibility index (Phi) is 5.62.